The summed E-state index contributed by atoms with van der Waals surface area (Å²) >= 11 is 1.47. The molecule has 1 aliphatic carbocycles. The number of nitrogens with zero attached hydrogens (tertiary/aromatic N) is 6. The maximum absolute atomic E-state index is 12.6. The van der Waals surface area contributed by atoms with Crippen LogP contribution in [-0.4, -0.2) is 67.8 Å². The molecule has 1 aliphatic heterocycles. The highest BCUT2D eigenvalue weighted by molar-refractivity contribution is 7.99. The zero-order valence-electron chi connectivity index (χ0n) is 16.5. The molecule has 0 bridgehead atoms. The first-order valence-electron chi connectivity index (χ1n) is 10.2. The van der Waals surface area contributed by atoms with Crippen LogP contribution in [0.1, 0.15) is 42.9 Å². The van der Waals surface area contributed by atoms with Gasteiger partial charge in [0.05, 0.1) is 11.8 Å². The van der Waals surface area contributed by atoms with Crippen LogP contribution >= 0.6 is 11.8 Å². The van der Waals surface area contributed by atoms with Crippen molar-refractivity contribution in [2.24, 2.45) is 0 Å². The topological polar surface area (TPSA) is 67.2 Å². The van der Waals surface area contributed by atoms with Gasteiger partial charge >= 0.3 is 0 Å². The normalized spacial score (nSPS) is 18.7. The maximum Gasteiger partial charge on any atom is 0.233 e. The zero-order valence-corrected chi connectivity index (χ0v) is 17.3. The van der Waals surface area contributed by atoms with E-state index >= 15 is 0 Å². The lowest BCUT2D eigenvalue weighted by Crippen LogP contribution is -2.48. The van der Waals surface area contributed by atoms with Crippen molar-refractivity contribution in [3.8, 4) is 0 Å². The van der Waals surface area contributed by atoms with E-state index in [0.29, 0.717) is 11.8 Å². The number of carbonyl (C=O) groups is 1. The molecule has 0 atom stereocenters. The molecule has 7 nitrogen and oxygen atoms in total. The first-order valence-corrected chi connectivity index (χ1v) is 11.1. The second kappa shape index (κ2) is 9.05. The van der Waals surface area contributed by atoms with Gasteiger partial charge in [0, 0.05) is 32.7 Å². The van der Waals surface area contributed by atoms with Gasteiger partial charge in [-0.1, -0.05) is 54.4 Å². The van der Waals surface area contributed by atoms with Crippen LogP contribution in [-0.2, 0) is 11.3 Å². The summed E-state index contributed by atoms with van der Waals surface area (Å²) < 4.78 is 1.92. The number of aryl methyl sites for hydroxylation is 1. The summed E-state index contributed by atoms with van der Waals surface area (Å²) in [7, 11) is 0. The summed E-state index contributed by atoms with van der Waals surface area (Å²) in [4.78, 5) is 17.0. The van der Waals surface area contributed by atoms with E-state index in [-0.39, 0.29) is 5.91 Å². The minimum absolute atomic E-state index is 0.182. The molecule has 4 rings (SSSR count). The Morgan fingerprint density at radius 2 is 1.96 bits per heavy atom. The van der Waals surface area contributed by atoms with Crippen molar-refractivity contribution < 1.29 is 4.79 Å². The minimum Gasteiger partial charge on any atom is -0.339 e. The summed E-state index contributed by atoms with van der Waals surface area (Å²) in [5.74, 6) is 0.589. The number of amides is 1. The monoisotopic (exact) mass is 400 g/mol. The highest BCUT2D eigenvalue weighted by Crippen LogP contribution is 2.31. The molecule has 28 heavy (non-hydrogen) atoms. The predicted octanol–water partition coefficient (Wildman–Crippen LogP) is 2.53. The first kappa shape index (κ1) is 19.4. The summed E-state index contributed by atoms with van der Waals surface area (Å²) in [6.45, 7) is 6.50. The smallest absolute Gasteiger partial charge is 0.233 e. The van der Waals surface area contributed by atoms with Crippen molar-refractivity contribution in [1.82, 2.24) is 30.0 Å². The fourth-order valence-corrected chi connectivity index (χ4v) is 4.95. The molecular formula is C20H28N6OS. The Bertz CT molecular complexity index is 795. The number of carbonyl (C=O) groups excluding carboxylic acids is 1. The molecule has 2 fully saturated rings. The van der Waals surface area contributed by atoms with Gasteiger partial charge in [0.1, 0.15) is 0 Å². The van der Waals surface area contributed by atoms with Gasteiger partial charge in [-0.25, -0.2) is 4.68 Å². The Morgan fingerprint density at radius 3 is 2.71 bits per heavy atom. The average Bonchev–Trinajstić information content (AvgIpc) is 3.38. The molecule has 0 spiro atoms. The maximum atomic E-state index is 12.6. The molecule has 150 valence electrons. The summed E-state index contributed by atoms with van der Waals surface area (Å²) in [6.07, 6.45) is 4.74. The second-order valence-corrected chi connectivity index (χ2v) is 8.72. The minimum atomic E-state index is 0.182. The number of thioether (sulfide) groups is 1. The van der Waals surface area contributed by atoms with Crippen LogP contribution in [0.25, 0.3) is 0 Å². The lowest BCUT2D eigenvalue weighted by molar-refractivity contribution is -0.130. The summed E-state index contributed by atoms with van der Waals surface area (Å²) in [5, 5.41) is 12.9. The number of tetrazole rings is 1. The largest absolute Gasteiger partial charge is 0.339 e. The molecule has 2 heterocycles. The van der Waals surface area contributed by atoms with Gasteiger partial charge in [0.15, 0.2) is 0 Å². The predicted molar refractivity (Wildman–Crippen MR) is 109 cm³/mol. The van der Waals surface area contributed by atoms with Crippen LogP contribution in [0, 0.1) is 6.92 Å². The molecule has 2 aliphatic rings. The molecule has 1 aromatic carbocycles. The Morgan fingerprint density at radius 1 is 1.18 bits per heavy atom. The fraction of sp³-hybridized carbons (Fsp3) is 0.600. The first-order chi connectivity index (χ1) is 13.7. The number of hydrogen-bond acceptors (Lipinski definition) is 6. The lowest BCUT2D eigenvalue weighted by atomic mass is 10.1. The molecule has 1 aromatic heterocycles. The van der Waals surface area contributed by atoms with Crippen LogP contribution in [0.4, 0.5) is 0 Å². The molecule has 0 unspecified atom stereocenters. The summed E-state index contributed by atoms with van der Waals surface area (Å²) in [6, 6.07) is 9.05. The van der Waals surface area contributed by atoms with Crippen LogP contribution in [0.3, 0.4) is 0 Å². The molecule has 1 amide bonds. The molecule has 2 aromatic rings. The third-order valence-corrected chi connectivity index (χ3v) is 6.59. The Hall–Kier alpha value is -1.93. The van der Waals surface area contributed by atoms with Crippen LogP contribution in [0.2, 0.25) is 0 Å². The molecule has 8 heteroatoms. The van der Waals surface area contributed by atoms with Crippen LogP contribution in [0.15, 0.2) is 29.4 Å². The van der Waals surface area contributed by atoms with Gasteiger partial charge in [-0.2, -0.15) is 0 Å². The number of piperazine rings is 1. The highest BCUT2D eigenvalue weighted by atomic mass is 32.2. The average molecular weight is 401 g/mol. The van der Waals surface area contributed by atoms with E-state index in [2.05, 4.69) is 51.6 Å². The number of aromatic nitrogens is 4. The fourth-order valence-electron chi connectivity index (χ4n) is 4.10. The quantitative estimate of drug-likeness (QED) is 0.694. The van der Waals surface area contributed by atoms with Crippen molar-refractivity contribution in [3.05, 3.63) is 35.4 Å². The standard InChI is InChI=1S/C20H28N6OS/c1-16-5-4-6-17(13-16)14-24-9-11-25(12-10-24)19(27)15-28-20-21-22-23-26(20)18-7-2-3-8-18/h4-6,13,18H,2-3,7-12,14-15H2,1H3. The van der Waals surface area contributed by atoms with Gasteiger partial charge in [-0.05, 0) is 35.8 Å². The van der Waals surface area contributed by atoms with E-state index in [1.165, 1.54) is 35.7 Å². The van der Waals surface area contributed by atoms with Gasteiger partial charge in [-0.3, -0.25) is 9.69 Å². The Balaban J connectivity index is 1.24. The Kier molecular flexibility index (Phi) is 6.26. The van der Waals surface area contributed by atoms with Gasteiger partial charge in [0.25, 0.3) is 0 Å². The molecule has 0 N–H and O–H groups in total. The highest BCUT2D eigenvalue weighted by Gasteiger charge is 2.24. The molecule has 0 radical (unpaired) electrons. The Labute approximate surface area is 170 Å². The van der Waals surface area contributed by atoms with Gasteiger partial charge in [-0.15, -0.1) is 5.10 Å². The molecular weight excluding hydrogens is 372 g/mol. The molecule has 1 saturated heterocycles. The van der Waals surface area contributed by atoms with Crippen molar-refractivity contribution in [1.29, 1.82) is 0 Å². The zero-order chi connectivity index (χ0) is 19.3. The summed E-state index contributed by atoms with van der Waals surface area (Å²) in [5.41, 5.74) is 2.64. The van der Waals surface area contributed by atoms with Crippen LogP contribution in [0.5, 0.6) is 0 Å². The van der Waals surface area contributed by atoms with Crippen LogP contribution < -0.4 is 0 Å². The third-order valence-electron chi connectivity index (χ3n) is 5.67. The van der Waals surface area contributed by atoms with E-state index in [9.17, 15) is 4.79 Å². The SMILES string of the molecule is Cc1cccc(CN2CCN(C(=O)CSc3nnnn3C3CCCC3)CC2)c1. The third kappa shape index (κ3) is 4.72. The van der Waals surface area contributed by atoms with Crippen molar-refractivity contribution in [3.63, 3.8) is 0 Å². The van der Waals surface area contributed by atoms with Gasteiger partial charge < -0.3 is 4.90 Å². The number of hydrogen-bond donors (Lipinski definition) is 0. The van der Waals surface area contributed by atoms with Gasteiger partial charge in [0.2, 0.25) is 11.1 Å². The van der Waals surface area contributed by atoms with Crippen molar-refractivity contribution in [2.45, 2.75) is 50.4 Å². The lowest BCUT2D eigenvalue weighted by Gasteiger charge is -2.34. The number of rotatable bonds is 6. The van der Waals surface area contributed by atoms with E-state index in [1.807, 2.05) is 9.58 Å². The molecule has 1 saturated carbocycles. The van der Waals surface area contributed by atoms with E-state index in [4.69, 9.17) is 0 Å². The van der Waals surface area contributed by atoms with Crippen molar-refractivity contribution >= 4 is 17.7 Å². The van der Waals surface area contributed by atoms with E-state index in [0.717, 1.165) is 50.7 Å². The van der Waals surface area contributed by atoms with E-state index in [1.54, 1.807) is 0 Å². The number of benzene rings is 1. The van der Waals surface area contributed by atoms with Crippen molar-refractivity contribution in [2.75, 3.05) is 31.9 Å². The second-order valence-electron chi connectivity index (χ2n) is 7.78. The van der Waals surface area contributed by atoms with E-state index < -0.39 is 0 Å².